The fourth-order valence-corrected chi connectivity index (χ4v) is 5.29. The quantitative estimate of drug-likeness (QED) is 0.465. The molecule has 0 saturated heterocycles. The number of pyridine rings is 1. The maximum atomic E-state index is 13.0. The van der Waals surface area contributed by atoms with Crippen molar-refractivity contribution in [1.82, 2.24) is 20.1 Å². The van der Waals surface area contributed by atoms with Crippen molar-refractivity contribution in [3.8, 4) is 0 Å². The highest BCUT2D eigenvalue weighted by Crippen LogP contribution is 2.48. The van der Waals surface area contributed by atoms with Gasteiger partial charge in [0, 0.05) is 18.4 Å². The van der Waals surface area contributed by atoms with E-state index in [1.165, 1.54) is 0 Å². The van der Waals surface area contributed by atoms with Crippen LogP contribution in [0.4, 0.5) is 5.69 Å². The standard InChI is InChI=1S/C25H35BrN6O3/c1-14-10-18(15(2)16(3)25(14,4)5)30-20-12-29-32(24(35)23(20)26)13-22(34)31-19(11-21(27)33)17-6-8-28-9-7-17/h6-9,12,14-16,18-19,30H,10-11,13H2,1-5H3,(H2,27,33)(H,31,34)/t14-,15+,16+,18+,19?/m0/s1. The molecule has 0 bridgehead atoms. The van der Waals surface area contributed by atoms with Gasteiger partial charge in [0.2, 0.25) is 11.8 Å². The number of halogens is 1. The van der Waals surface area contributed by atoms with E-state index in [2.05, 4.69) is 71.3 Å². The number of hydrogen-bond acceptors (Lipinski definition) is 6. The first-order valence-corrected chi connectivity index (χ1v) is 12.7. The summed E-state index contributed by atoms with van der Waals surface area (Å²) in [4.78, 5) is 41.1. The van der Waals surface area contributed by atoms with E-state index < -0.39 is 23.4 Å². The van der Waals surface area contributed by atoms with Gasteiger partial charge < -0.3 is 16.4 Å². The van der Waals surface area contributed by atoms with E-state index in [-0.39, 0.29) is 24.4 Å². The summed E-state index contributed by atoms with van der Waals surface area (Å²) in [6, 6.07) is 2.98. The van der Waals surface area contributed by atoms with Gasteiger partial charge in [0.25, 0.3) is 5.56 Å². The molecule has 2 amide bonds. The Labute approximate surface area is 214 Å². The Bertz CT molecular complexity index is 1120. The predicted molar refractivity (Wildman–Crippen MR) is 138 cm³/mol. The predicted octanol–water partition coefficient (Wildman–Crippen LogP) is 3.25. The average molecular weight is 547 g/mol. The number of carbonyl (C=O) groups is 2. The number of carbonyl (C=O) groups excluding carboxylic acids is 2. The summed E-state index contributed by atoms with van der Waals surface area (Å²) in [7, 11) is 0. The van der Waals surface area contributed by atoms with Crippen molar-refractivity contribution in [2.75, 3.05) is 5.32 Å². The van der Waals surface area contributed by atoms with E-state index in [9.17, 15) is 14.4 Å². The van der Waals surface area contributed by atoms with Crippen LogP contribution in [-0.2, 0) is 16.1 Å². The summed E-state index contributed by atoms with van der Waals surface area (Å²) in [5.41, 5.74) is 6.49. The topological polar surface area (TPSA) is 132 Å². The normalized spacial score (nSPS) is 24.4. The molecule has 190 valence electrons. The smallest absolute Gasteiger partial charge is 0.283 e. The van der Waals surface area contributed by atoms with Crippen LogP contribution < -0.4 is 21.9 Å². The average Bonchev–Trinajstić information content (AvgIpc) is 2.81. The minimum absolute atomic E-state index is 0.0716. The summed E-state index contributed by atoms with van der Waals surface area (Å²) in [5.74, 6) is 0.436. The summed E-state index contributed by atoms with van der Waals surface area (Å²) < 4.78 is 1.43. The molecule has 0 radical (unpaired) electrons. The molecule has 5 atom stereocenters. The van der Waals surface area contributed by atoms with E-state index >= 15 is 0 Å². The fraction of sp³-hybridized carbons (Fsp3) is 0.560. The lowest BCUT2D eigenvalue weighted by atomic mass is 9.58. The maximum absolute atomic E-state index is 13.0. The number of nitrogens with two attached hydrogens (primary N) is 1. The molecule has 1 fully saturated rings. The molecule has 2 aromatic heterocycles. The Kier molecular flexibility index (Phi) is 8.35. The summed E-state index contributed by atoms with van der Waals surface area (Å²) in [5, 5.41) is 10.5. The van der Waals surface area contributed by atoms with Crippen molar-refractivity contribution in [3.05, 3.63) is 51.1 Å². The highest BCUT2D eigenvalue weighted by molar-refractivity contribution is 9.10. The summed E-state index contributed by atoms with van der Waals surface area (Å²) in [6.45, 7) is 11.2. The van der Waals surface area contributed by atoms with Crippen LogP contribution in [0.3, 0.4) is 0 Å². The Balaban J connectivity index is 1.72. The van der Waals surface area contributed by atoms with Crippen molar-refractivity contribution in [1.29, 1.82) is 0 Å². The van der Waals surface area contributed by atoms with Crippen molar-refractivity contribution in [2.24, 2.45) is 28.9 Å². The third-order valence-electron chi connectivity index (χ3n) is 7.94. The Hall–Kier alpha value is -2.75. The molecule has 2 aromatic rings. The van der Waals surface area contributed by atoms with Crippen molar-refractivity contribution in [3.63, 3.8) is 0 Å². The number of anilines is 1. The molecule has 0 aromatic carbocycles. The number of amides is 2. The number of primary amides is 1. The van der Waals surface area contributed by atoms with Crippen LogP contribution in [0.2, 0.25) is 0 Å². The van der Waals surface area contributed by atoms with Crippen LogP contribution in [0.15, 0.2) is 40.0 Å². The van der Waals surface area contributed by atoms with Crippen LogP contribution >= 0.6 is 15.9 Å². The van der Waals surface area contributed by atoms with Crippen LogP contribution in [0.25, 0.3) is 0 Å². The zero-order valence-electron chi connectivity index (χ0n) is 20.9. The van der Waals surface area contributed by atoms with E-state index in [4.69, 9.17) is 5.73 Å². The summed E-state index contributed by atoms with van der Waals surface area (Å²) in [6.07, 6.45) is 5.63. The van der Waals surface area contributed by atoms with Gasteiger partial charge in [-0.05, 0) is 63.2 Å². The highest BCUT2D eigenvalue weighted by atomic mass is 79.9. The van der Waals surface area contributed by atoms with Gasteiger partial charge in [-0.1, -0.05) is 34.6 Å². The molecule has 1 aliphatic rings. The minimum atomic E-state index is -0.621. The number of hydrogen-bond donors (Lipinski definition) is 3. The van der Waals surface area contributed by atoms with Crippen LogP contribution in [-0.4, -0.2) is 32.6 Å². The molecule has 1 saturated carbocycles. The van der Waals surface area contributed by atoms with Crippen molar-refractivity contribution < 1.29 is 9.59 Å². The molecule has 0 spiro atoms. The van der Waals surface area contributed by atoms with Crippen molar-refractivity contribution in [2.45, 2.75) is 66.1 Å². The third-order valence-corrected chi connectivity index (χ3v) is 8.71. The molecule has 2 heterocycles. The van der Waals surface area contributed by atoms with Gasteiger partial charge in [0.1, 0.15) is 11.0 Å². The molecule has 1 unspecified atom stereocenters. The molecule has 0 aliphatic heterocycles. The van der Waals surface area contributed by atoms with E-state index in [1.54, 1.807) is 30.7 Å². The second-order valence-electron chi connectivity index (χ2n) is 10.3. The Morgan fingerprint density at radius 3 is 2.54 bits per heavy atom. The summed E-state index contributed by atoms with van der Waals surface area (Å²) >= 11 is 3.41. The Morgan fingerprint density at radius 2 is 1.91 bits per heavy atom. The van der Waals surface area contributed by atoms with E-state index in [0.29, 0.717) is 33.5 Å². The number of rotatable bonds is 8. The zero-order chi connectivity index (χ0) is 25.9. The molecule has 35 heavy (non-hydrogen) atoms. The fourth-order valence-electron chi connectivity index (χ4n) is 4.87. The zero-order valence-corrected chi connectivity index (χ0v) is 22.5. The van der Waals surface area contributed by atoms with Crippen LogP contribution in [0.5, 0.6) is 0 Å². The van der Waals surface area contributed by atoms with Gasteiger partial charge >= 0.3 is 0 Å². The molecule has 3 rings (SSSR count). The first-order valence-electron chi connectivity index (χ1n) is 11.9. The molecule has 10 heteroatoms. The molecule has 4 N–H and O–H groups in total. The Morgan fingerprint density at radius 1 is 1.26 bits per heavy atom. The van der Waals surface area contributed by atoms with Gasteiger partial charge in [-0.25, -0.2) is 4.68 Å². The van der Waals surface area contributed by atoms with Crippen molar-refractivity contribution >= 4 is 33.4 Å². The lowest BCUT2D eigenvalue weighted by Gasteiger charge is -2.50. The molecule has 9 nitrogen and oxygen atoms in total. The highest BCUT2D eigenvalue weighted by Gasteiger charge is 2.43. The second-order valence-corrected chi connectivity index (χ2v) is 11.1. The van der Waals surface area contributed by atoms with Gasteiger partial charge in [-0.2, -0.15) is 5.10 Å². The number of nitrogens with zero attached hydrogens (tertiary/aromatic N) is 3. The van der Waals surface area contributed by atoms with Gasteiger partial charge in [0.05, 0.1) is 24.3 Å². The maximum Gasteiger partial charge on any atom is 0.283 e. The lowest BCUT2D eigenvalue weighted by molar-refractivity contribution is -0.123. The van der Waals surface area contributed by atoms with Crippen LogP contribution in [0.1, 0.15) is 59.1 Å². The van der Waals surface area contributed by atoms with E-state index in [0.717, 1.165) is 11.1 Å². The van der Waals surface area contributed by atoms with Crippen LogP contribution in [0, 0.1) is 23.2 Å². The lowest BCUT2D eigenvalue weighted by Crippen LogP contribution is -2.48. The molecular weight excluding hydrogens is 512 g/mol. The van der Waals surface area contributed by atoms with Gasteiger partial charge in [-0.3, -0.25) is 19.4 Å². The first kappa shape index (κ1) is 26.8. The SMILES string of the molecule is C[C@@H]1[C@@H](C)C(C)(C)[C@@H](C)C[C@H]1Nc1cnn(CC(=O)NC(CC(N)=O)c2ccncc2)c(=O)c1Br. The minimum Gasteiger partial charge on any atom is -0.380 e. The largest absolute Gasteiger partial charge is 0.380 e. The monoisotopic (exact) mass is 546 g/mol. The number of nitrogens with one attached hydrogen (secondary N) is 2. The molecule has 1 aliphatic carbocycles. The van der Waals surface area contributed by atoms with Gasteiger partial charge in [0.15, 0.2) is 0 Å². The van der Waals surface area contributed by atoms with E-state index in [1.807, 2.05) is 0 Å². The first-order chi connectivity index (χ1) is 16.4. The number of aromatic nitrogens is 3. The third kappa shape index (κ3) is 6.09. The molecular formula is C25H35BrN6O3. The van der Waals surface area contributed by atoms with Gasteiger partial charge in [-0.15, -0.1) is 0 Å². The second kappa shape index (κ2) is 10.9.